The van der Waals surface area contributed by atoms with Crippen molar-refractivity contribution in [2.45, 2.75) is 32.0 Å². The molecule has 0 aromatic heterocycles. The Bertz CT molecular complexity index is 951. The second kappa shape index (κ2) is 9.08. The Balaban J connectivity index is 1.33. The molecule has 2 aliphatic heterocycles. The van der Waals surface area contributed by atoms with E-state index < -0.39 is 5.79 Å². The van der Waals surface area contributed by atoms with Gasteiger partial charge in [0.25, 0.3) is 5.91 Å². The number of fused-ring (bicyclic) bond motifs is 1. The number of ether oxygens (including phenoxy) is 3. The number of benzene rings is 2. The normalized spacial score (nSPS) is 17.0. The first kappa shape index (κ1) is 21.3. The highest BCUT2D eigenvalue weighted by Gasteiger charge is 2.39. The molecule has 2 heterocycles. The lowest BCUT2D eigenvalue weighted by Crippen LogP contribution is -2.36. The molecule has 0 unspecified atom stereocenters. The molecule has 2 aromatic rings. The van der Waals surface area contributed by atoms with Gasteiger partial charge in [-0.3, -0.25) is 9.59 Å². The van der Waals surface area contributed by atoms with Gasteiger partial charge in [0.1, 0.15) is 5.75 Å². The van der Waals surface area contributed by atoms with Gasteiger partial charge in [-0.05, 0) is 41.8 Å². The van der Waals surface area contributed by atoms with E-state index in [0.29, 0.717) is 38.3 Å². The summed E-state index contributed by atoms with van der Waals surface area (Å²) in [5, 5.41) is 2.88. The minimum atomic E-state index is -0.913. The molecule has 2 aliphatic rings. The van der Waals surface area contributed by atoms with Crippen molar-refractivity contribution in [3.8, 4) is 5.75 Å². The topological polar surface area (TPSA) is 77.1 Å². The molecule has 164 valence electrons. The average Bonchev–Trinajstić information content (AvgIpc) is 3.38. The maximum atomic E-state index is 12.2. The third kappa shape index (κ3) is 4.57. The maximum Gasteiger partial charge on any atom is 0.257 e. The number of carbonyl (C=O) groups excluding carboxylic acids is 2. The first-order valence-electron chi connectivity index (χ1n) is 10.7. The number of nitrogens with zero attached hydrogens (tertiary/aromatic N) is 1. The van der Waals surface area contributed by atoms with Crippen molar-refractivity contribution in [2.75, 3.05) is 38.3 Å². The number of anilines is 1. The molecular formula is C24H28N2O5. The average molecular weight is 424 g/mol. The van der Waals surface area contributed by atoms with E-state index >= 15 is 0 Å². The third-order valence-electron chi connectivity index (χ3n) is 5.83. The summed E-state index contributed by atoms with van der Waals surface area (Å²) in [7, 11) is 1.78. The van der Waals surface area contributed by atoms with Crippen molar-refractivity contribution >= 4 is 17.5 Å². The predicted octanol–water partition coefficient (Wildman–Crippen LogP) is 2.55. The van der Waals surface area contributed by atoms with Gasteiger partial charge in [0.05, 0.1) is 19.6 Å². The number of nitrogens with one attached hydrogen (secondary N) is 1. The summed E-state index contributed by atoms with van der Waals surface area (Å²) in [6.07, 6.45) is 1.81. The van der Waals surface area contributed by atoms with Crippen LogP contribution in [0.25, 0.3) is 0 Å². The van der Waals surface area contributed by atoms with E-state index in [4.69, 9.17) is 14.2 Å². The minimum absolute atomic E-state index is 0.0481. The van der Waals surface area contributed by atoms with Crippen LogP contribution in [0.5, 0.6) is 5.75 Å². The molecule has 0 atom stereocenters. The minimum Gasteiger partial charge on any atom is -0.484 e. The van der Waals surface area contributed by atoms with E-state index in [-0.39, 0.29) is 18.4 Å². The predicted molar refractivity (Wildman–Crippen MR) is 116 cm³/mol. The molecular weight excluding hydrogens is 396 g/mol. The van der Waals surface area contributed by atoms with Crippen LogP contribution in [0.1, 0.15) is 30.0 Å². The number of rotatable bonds is 8. The molecule has 31 heavy (non-hydrogen) atoms. The molecule has 1 N–H and O–H groups in total. The van der Waals surface area contributed by atoms with E-state index in [0.717, 1.165) is 23.2 Å². The van der Waals surface area contributed by atoms with Gasteiger partial charge in [0.15, 0.2) is 12.4 Å². The van der Waals surface area contributed by atoms with E-state index in [9.17, 15) is 9.59 Å². The van der Waals surface area contributed by atoms with Crippen LogP contribution >= 0.6 is 0 Å². The summed E-state index contributed by atoms with van der Waals surface area (Å²) in [4.78, 5) is 25.9. The maximum absolute atomic E-state index is 12.2. The Morgan fingerprint density at radius 3 is 2.61 bits per heavy atom. The van der Waals surface area contributed by atoms with E-state index in [2.05, 4.69) is 12.2 Å². The first-order chi connectivity index (χ1) is 15.0. The van der Waals surface area contributed by atoms with Crippen molar-refractivity contribution < 1.29 is 23.8 Å². The Morgan fingerprint density at radius 2 is 1.90 bits per heavy atom. The van der Waals surface area contributed by atoms with E-state index in [1.807, 2.05) is 42.5 Å². The second-order valence-electron chi connectivity index (χ2n) is 7.81. The standard InChI is InChI=1S/C24H28N2O5/c1-3-17-4-7-20(8-5-17)29-16-22(27)25-11-10-24(30-12-13-31-24)19-6-9-21-18(14-19)15-23(28)26(21)2/h4-9,14H,3,10-13,15-16H2,1-2H3,(H,25,27). The van der Waals surface area contributed by atoms with Crippen LogP contribution in [-0.2, 0) is 37.7 Å². The Morgan fingerprint density at radius 1 is 1.16 bits per heavy atom. The lowest BCUT2D eigenvalue weighted by molar-refractivity contribution is -0.170. The number of likely N-dealkylation sites (N-methyl/N-ethyl adjacent to an activating group) is 1. The van der Waals surface area contributed by atoms with Gasteiger partial charge in [0, 0.05) is 31.3 Å². The molecule has 0 bridgehead atoms. The quantitative estimate of drug-likeness (QED) is 0.705. The van der Waals surface area contributed by atoms with Crippen LogP contribution in [0, 0.1) is 0 Å². The summed E-state index contributed by atoms with van der Waals surface area (Å²) in [5.41, 5.74) is 3.98. The molecule has 2 amide bonds. The van der Waals surface area contributed by atoms with Crippen LogP contribution in [-0.4, -0.2) is 45.2 Å². The van der Waals surface area contributed by atoms with Crippen molar-refractivity contribution in [3.63, 3.8) is 0 Å². The smallest absolute Gasteiger partial charge is 0.257 e. The van der Waals surface area contributed by atoms with E-state index in [1.165, 1.54) is 5.56 Å². The Kier molecular flexibility index (Phi) is 6.25. The molecule has 0 aliphatic carbocycles. The molecule has 1 fully saturated rings. The van der Waals surface area contributed by atoms with Crippen LogP contribution in [0.3, 0.4) is 0 Å². The summed E-state index contributed by atoms with van der Waals surface area (Å²) in [5.74, 6) is -0.368. The number of hydrogen-bond donors (Lipinski definition) is 1. The van der Waals surface area contributed by atoms with Gasteiger partial charge in [-0.15, -0.1) is 0 Å². The molecule has 2 aromatic carbocycles. The molecule has 0 spiro atoms. The fourth-order valence-corrected chi connectivity index (χ4v) is 4.00. The highest BCUT2D eigenvalue weighted by molar-refractivity contribution is 6.00. The highest BCUT2D eigenvalue weighted by Crippen LogP contribution is 2.38. The highest BCUT2D eigenvalue weighted by atomic mass is 16.7. The van der Waals surface area contributed by atoms with Crippen molar-refractivity contribution in [1.29, 1.82) is 0 Å². The molecule has 1 saturated heterocycles. The van der Waals surface area contributed by atoms with Crippen LogP contribution < -0.4 is 15.0 Å². The summed E-state index contributed by atoms with van der Waals surface area (Å²) in [6.45, 7) is 3.40. The first-order valence-corrected chi connectivity index (χ1v) is 10.7. The summed E-state index contributed by atoms with van der Waals surface area (Å²) >= 11 is 0. The second-order valence-corrected chi connectivity index (χ2v) is 7.81. The van der Waals surface area contributed by atoms with E-state index in [1.54, 1.807) is 11.9 Å². The fourth-order valence-electron chi connectivity index (χ4n) is 4.00. The molecule has 4 rings (SSSR count). The fraction of sp³-hybridized carbons (Fsp3) is 0.417. The molecule has 0 radical (unpaired) electrons. The van der Waals surface area contributed by atoms with Crippen LogP contribution in [0.4, 0.5) is 5.69 Å². The Hall–Kier alpha value is -2.90. The van der Waals surface area contributed by atoms with Gasteiger partial charge in [-0.1, -0.05) is 25.1 Å². The number of carbonyl (C=O) groups is 2. The Labute approximate surface area is 182 Å². The lowest BCUT2D eigenvalue weighted by atomic mass is 9.98. The zero-order valence-electron chi connectivity index (χ0n) is 18.0. The zero-order chi connectivity index (χ0) is 21.8. The monoisotopic (exact) mass is 424 g/mol. The van der Waals surface area contributed by atoms with Gasteiger partial charge in [-0.25, -0.2) is 0 Å². The number of aryl methyl sites for hydroxylation is 1. The largest absolute Gasteiger partial charge is 0.484 e. The number of amides is 2. The van der Waals surface area contributed by atoms with Gasteiger partial charge < -0.3 is 24.4 Å². The SMILES string of the molecule is CCc1ccc(OCC(=O)NCCC2(c3ccc4c(c3)CC(=O)N4C)OCCO2)cc1. The van der Waals surface area contributed by atoms with Crippen LogP contribution in [0.15, 0.2) is 42.5 Å². The number of hydrogen-bond acceptors (Lipinski definition) is 5. The third-order valence-corrected chi connectivity index (χ3v) is 5.83. The molecule has 7 nitrogen and oxygen atoms in total. The molecule has 7 heteroatoms. The van der Waals surface area contributed by atoms with Crippen molar-refractivity contribution in [2.24, 2.45) is 0 Å². The zero-order valence-corrected chi connectivity index (χ0v) is 18.0. The summed E-state index contributed by atoms with van der Waals surface area (Å²) in [6, 6.07) is 13.6. The van der Waals surface area contributed by atoms with Crippen molar-refractivity contribution in [1.82, 2.24) is 5.32 Å². The van der Waals surface area contributed by atoms with Gasteiger partial charge >= 0.3 is 0 Å². The van der Waals surface area contributed by atoms with Crippen molar-refractivity contribution in [3.05, 3.63) is 59.2 Å². The lowest BCUT2D eigenvalue weighted by Gasteiger charge is -2.28. The van der Waals surface area contributed by atoms with Crippen LogP contribution in [0.2, 0.25) is 0 Å². The molecule has 0 saturated carbocycles. The van der Waals surface area contributed by atoms with Gasteiger partial charge in [0.2, 0.25) is 5.91 Å². The van der Waals surface area contributed by atoms with Gasteiger partial charge in [-0.2, -0.15) is 0 Å². The summed E-state index contributed by atoms with van der Waals surface area (Å²) < 4.78 is 17.5.